The molecule has 0 radical (unpaired) electrons. The van der Waals surface area contributed by atoms with E-state index in [2.05, 4.69) is 49.4 Å². The molecule has 1 heterocycles. The first kappa shape index (κ1) is 31.1. The summed E-state index contributed by atoms with van der Waals surface area (Å²) in [6, 6.07) is 30.5. The highest BCUT2D eigenvalue weighted by Gasteiger charge is 2.36. The third-order valence-corrected chi connectivity index (χ3v) is 8.59. The average Bonchev–Trinajstić information content (AvgIpc) is 3.01. The molecule has 4 aromatic rings. The first-order valence-electron chi connectivity index (χ1n) is 15.3. The van der Waals surface area contributed by atoms with Gasteiger partial charge >= 0.3 is 12.1 Å². The van der Waals surface area contributed by atoms with Gasteiger partial charge in [0.05, 0.1) is 25.1 Å². The van der Waals surface area contributed by atoms with Crippen molar-refractivity contribution in [1.82, 2.24) is 4.90 Å². The molecular formula is C38H43NO5. The molecule has 0 N–H and O–H groups in total. The van der Waals surface area contributed by atoms with Crippen LogP contribution in [0.15, 0.2) is 91.0 Å². The summed E-state index contributed by atoms with van der Waals surface area (Å²) < 4.78 is 17.6. The normalized spacial score (nSPS) is 17.2. The predicted octanol–water partition coefficient (Wildman–Crippen LogP) is 8.57. The fraction of sp³-hybridized carbons (Fsp3) is 0.368. The van der Waals surface area contributed by atoms with Crippen molar-refractivity contribution in [1.29, 1.82) is 0 Å². The molecule has 0 spiro atoms. The van der Waals surface area contributed by atoms with E-state index in [1.807, 2.05) is 88.0 Å². The molecule has 6 nitrogen and oxygen atoms in total. The van der Waals surface area contributed by atoms with Gasteiger partial charge in [-0.3, -0.25) is 9.69 Å². The van der Waals surface area contributed by atoms with Crippen LogP contribution in [0.1, 0.15) is 82.2 Å². The number of para-hydroxylation sites is 1. The zero-order chi connectivity index (χ0) is 31.6. The topological polar surface area (TPSA) is 65.1 Å². The van der Waals surface area contributed by atoms with E-state index in [1.54, 1.807) is 0 Å². The lowest BCUT2D eigenvalue weighted by molar-refractivity contribution is -0.146. The number of benzene rings is 4. The monoisotopic (exact) mass is 593 g/mol. The first-order valence-corrected chi connectivity index (χ1v) is 15.3. The zero-order valence-corrected chi connectivity index (χ0v) is 26.8. The molecule has 230 valence electrons. The Bertz CT molecular complexity index is 1630. The molecule has 0 fully saturated rings. The molecule has 4 aromatic carbocycles. The molecule has 0 saturated carbocycles. The second kappa shape index (κ2) is 12.4. The highest BCUT2D eigenvalue weighted by Crippen LogP contribution is 2.42. The van der Waals surface area contributed by atoms with Gasteiger partial charge in [0.1, 0.15) is 17.5 Å². The lowest BCUT2D eigenvalue weighted by atomic mass is 9.80. The van der Waals surface area contributed by atoms with E-state index < -0.39 is 11.0 Å². The van der Waals surface area contributed by atoms with Gasteiger partial charge in [0.15, 0.2) is 0 Å². The minimum absolute atomic E-state index is 0.0496. The molecule has 3 atom stereocenters. The molecule has 44 heavy (non-hydrogen) atoms. The highest BCUT2D eigenvalue weighted by atomic mass is 16.6. The number of carbonyl (C=O) groups excluding carboxylic acids is 2. The molecule has 1 amide bonds. The standard InChI is InChI=1S/C38H43NO5/c1-25(30-17-12-14-26-13-8-9-15-31(26)30)39(36(41)44-37(2,3)4)24-29-23-33(32-16-10-11-18-34(32)43-29)27-19-21-28(22-20-27)38(5,6)35(40)42-7/h8-22,25,29,33H,23-24H2,1-7H3/t25-,29-,33?/m1/s1. The Morgan fingerprint density at radius 2 is 1.55 bits per heavy atom. The van der Waals surface area contributed by atoms with Gasteiger partial charge in [0.25, 0.3) is 0 Å². The average molecular weight is 594 g/mol. The summed E-state index contributed by atoms with van der Waals surface area (Å²) in [6.45, 7) is 11.8. The van der Waals surface area contributed by atoms with Gasteiger partial charge in [-0.15, -0.1) is 0 Å². The Morgan fingerprint density at radius 1 is 0.886 bits per heavy atom. The number of rotatable bonds is 7. The fourth-order valence-corrected chi connectivity index (χ4v) is 6.14. The van der Waals surface area contributed by atoms with Gasteiger partial charge in [-0.1, -0.05) is 84.9 Å². The van der Waals surface area contributed by atoms with Gasteiger partial charge in [-0.05, 0) is 81.5 Å². The maximum atomic E-state index is 13.8. The minimum Gasteiger partial charge on any atom is -0.488 e. The van der Waals surface area contributed by atoms with Crippen molar-refractivity contribution in [3.63, 3.8) is 0 Å². The number of hydrogen-bond acceptors (Lipinski definition) is 5. The summed E-state index contributed by atoms with van der Waals surface area (Å²) in [5.41, 5.74) is 2.79. The molecule has 0 aromatic heterocycles. The van der Waals surface area contributed by atoms with Crippen molar-refractivity contribution < 1.29 is 23.8 Å². The second-order valence-corrected chi connectivity index (χ2v) is 13.2. The van der Waals surface area contributed by atoms with Crippen molar-refractivity contribution >= 4 is 22.8 Å². The summed E-state index contributed by atoms with van der Waals surface area (Å²) in [5, 5.41) is 2.24. The third-order valence-electron chi connectivity index (χ3n) is 8.59. The summed E-state index contributed by atoms with van der Waals surface area (Å²) in [6.07, 6.45) is 0.0376. The zero-order valence-electron chi connectivity index (χ0n) is 26.8. The molecule has 5 rings (SSSR count). The predicted molar refractivity (Wildman–Crippen MR) is 174 cm³/mol. The van der Waals surface area contributed by atoms with Gasteiger partial charge in [0.2, 0.25) is 0 Å². The van der Waals surface area contributed by atoms with Crippen molar-refractivity contribution in [3.8, 4) is 5.75 Å². The minimum atomic E-state index is -0.755. The summed E-state index contributed by atoms with van der Waals surface area (Å²) in [5.74, 6) is 0.590. The van der Waals surface area contributed by atoms with E-state index in [-0.39, 0.29) is 30.1 Å². The Balaban J connectivity index is 1.48. The van der Waals surface area contributed by atoms with Crippen molar-refractivity contribution in [2.75, 3.05) is 13.7 Å². The number of methoxy groups -OCH3 is 1. The molecular weight excluding hydrogens is 550 g/mol. The number of amides is 1. The number of fused-ring (bicyclic) bond motifs is 2. The Kier molecular flexibility index (Phi) is 8.73. The molecule has 0 bridgehead atoms. The van der Waals surface area contributed by atoms with Crippen LogP contribution >= 0.6 is 0 Å². The van der Waals surface area contributed by atoms with Gasteiger partial charge in [0, 0.05) is 11.5 Å². The Labute approximate surface area is 260 Å². The van der Waals surface area contributed by atoms with Crippen molar-refractivity contribution in [2.24, 2.45) is 0 Å². The first-order chi connectivity index (χ1) is 20.9. The Morgan fingerprint density at radius 3 is 2.25 bits per heavy atom. The lowest BCUT2D eigenvalue weighted by Crippen LogP contribution is -2.45. The number of ether oxygens (including phenoxy) is 3. The molecule has 1 aliphatic heterocycles. The lowest BCUT2D eigenvalue weighted by Gasteiger charge is -2.38. The van der Waals surface area contributed by atoms with E-state index in [1.165, 1.54) is 7.11 Å². The molecule has 1 aliphatic rings. The third kappa shape index (κ3) is 6.45. The van der Waals surface area contributed by atoms with Crippen LogP contribution in [0.2, 0.25) is 0 Å². The van der Waals surface area contributed by atoms with Crippen LogP contribution < -0.4 is 4.74 Å². The maximum absolute atomic E-state index is 13.8. The summed E-state index contributed by atoms with van der Waals surface area (Å²) in [7, 11) is 1.42. The highest BCUT2D eigenvalue weighted by molar-refractivity contribution is 5.86. The molecule has 0 aliphatic carbocycles. The van der Waals surface area contributed by atoms with Crippen molar-refractivity contribution in [3.05, 3.63) is 113 Å². The van der Waals surface area contributed by atoms with Gasteiger partial charge < -0.3 is 14.2 Å². The number of nitrogens with zero attached hydrogens (tertiary/aromatic N) is 1. The van der Waals surface area contributed by atoms with Crippen LogP contribution in [0.5, 0.6) is 5.75 Å². The van der Waals surface area contributed by atoms with E-state index in [0.717, 1.165) is 38.8 Å². The van der Waals surface area contributed by atoms with E-state index in [4.69, 9.17) is 14.2 Å². The smallest absolute Gasteiger partial charge is 0.410 e. The van der Waals surface area contributed by atoms with Gasteiger partial charge in [-0.25, -0.2) is 4.79 Å². The van der Waals surface area contributed by atoms with Crippen LogP contribution in [0.4, 0.5) is 4.79 Å². The number of carbonyl (C=O) groups is 2. The largest absolute Gasteiger partial charge is 0.488 e. The molecule has 0 saturated heterocycles. The number of hydrogen-bond donors (Lipinski definition) is 0. The van der Waals surface area contributed by atoms with Crippen LogP contribution in [0.25, 0.3) is 10.8 Å². The van der Waals surface area contributed by atoms with Crippen LogP contribution in [0.3, 0.4) is 0 Å². The quantitative estimate of drug-likeness (QED) is 0.201. The van der Waals surface area contributed by atoms with Crippen LogP contribution in [-0.2, 0) is 19.7 Å². The summed E-state index contributed by atoms with van der Waals surface area (Å²) >= 11 is 0. The maximum Gasteiger partial charge on any atom is 0.410 e. The van der Waals surface area contributed by atoms with E-state index in [0.29, 0.717) is 13.0 Å². The van der Waals surface area contributed by atoms with Crippen molar-refractivity contribution in [2.45, 2.75) is 77.0 Å². The van der Waals surface area contributed by atoms with E-state index >= 15 is 0 Å². The fourth-order valence-electron chi connectivity index (χ4n) is 6.14. The SMILES string of the molecule is COC(=O)C(C)(C)c1ccc(C2C[C@H](CN(C(=O)OC(C)(C)C)[C@H](C)c3cccc4ccccc34)Oc3ccccc32)cc1. The van der Waals surface area contributed by atoms with Crippen LogP contribution in [0, 0.1) is 0 Å². The van der Waals surface area contributed by atoms with Gasteiger partial charge in [-0.2, -0.15) is 0 Å². The number of esters is 1. The van der Waals surface area contributed by atoms with E-state index in [9.17, 15) is 9.59 Å². The Hall–Kier alpha value is -4.32. The molecule has 1 unspecified atom stereocenters. The second-order valence-electron chi connectivity index (χ2n) is 13.2. The van der Waals surface area contributed by atoms with Crippen LogP contribution in [-0.4, -0.2) is 42.3 Å². The molecule has 6 heteroatoms. The summed E-state index contributed by atoms with van der Waals surface area (Å²) in [4.78, 5) is 28.0.